The summed E-state index contributed by atoms with van der Waals surface area (Å²) < 4.78 is 7.62. The molecule has 0 aliphatic carbocycles. The molecule has 33 heavy (non-hydrogen) atoms. The third kappa shape index (κ3) is 4.45. The number of amides is 1. The van der Waals surface area contributed by atoms with Crippen LogP contribution in [0.1, 0.15) is 21.6 Å². The third-order valence-corrected chi connectivity index (χ3v) is 5.27. The summed E-state index contributed by atoms with van der Waals surface area (Å²) in [4.78, 5) is 46.7. The Morgan fingerprint density at radius 1 is 1.06 bits per heavy atom. The molecule has 0 saturated heterocycles. The van der Waals surface area contributed by atoms with Crippen molar-refractivity contribution in [2.75, 3.05) is 12.8 Å². The standard InChI is InChI=1S/C23H22N6O4/c1-28-19-12-25-18(21(30)27-11-15-5-8-20(24)26-10-15)9-17(19)22(31)29(23(28)32)13-14-3-6-16(33-2)7-4-14/h3-10,12H,11,13H2,1-2H3,(H2,24,26)(H,27,30). The molecule has 10 heteroatoms. The molecule has 3 aromatic heterocycles. The second-order valence-electron chi connectivity index (χ2n) is 7.44. The molecule has 0 bridgehead atoms. The Hall–Kier alpha value is -4.47. The van der Waals surface area contributed by atoms with E-state index in [1.165, 1.54) is 16.8 Å². The zero-order valence-corrected chi connectivity index (χ0v) is 18.1. The van der Waals surface area contributed by atoms with Crippen LogP contribution in [-0.4, -0.2) is 32.1 Å². The number of aromatic nitrogens is 4. The Morgan fingerprint density at radius 3 is 2.45 bits per heavy atom. The maximum atomic E-state index is 13.2. The van der Waals surface area contributed by atoms with Crippen molar-refractivity contribution in [2.45, 2.75) is 13.1 Å². The largest absolute Gasteiger partial charge is 0.497 e. The lowest BCUT2D eigenvalue weighted by molar-refractivity contribution is 0.0946. The van der Waals surface area contributed by atoms with Gasteiger partial charge in [0.2, 0.25) is 0 Å². The van der Waals surface area contributed by atoms with Crippen molar-refractivity contribution in [3.8, 4) is 5.75 Å². The summed E-state index contributed by atoms with van der Waals surface area (Å²) in [6.07, 6.45) is 2.92. The van der Waals surface area contributed by atoms with E-state index < -0.39 is 17.2 Å². The number of nitrogens with two attached hydrogens (primary N) is 1. The van der Waals surface area contributed by atoms with Crippen molar-refractivity contribution in [3.63, 3.8) is 0 Å². The average Bonchev–Trinajstić information content (AvgIpc) is 2.84. The van der Waals surface area contributed by atoms with Crippen molar-refractivity contribution >= 4 is 22.6 Å². The lowest BCUT2D eigenvalue weighted by Gasteiger charge is -2.12. The highest BCUT2D eigenvalue weighted by molar-refractivity contribution is 5.95. The normalized spacial score (nSPS) is 10.8. The van der Waals surface area contributed by atoms with Crippen LogP contribution in [0.3, 0.4) is 0 Å². The summed E-state index contributed by atoms with van der Waals surface area (Å²) >= 11 is 0. The van der Waals surface area contributed by atoms with E-state index in [9.17, 15) is 14.4 Å². The number of pyridine rings is 2. The van der Waals surface area contributed by atoms with Gasteiger partial charge in [0.15, 0.2) is 0 Å². The maximum Gasteiger partial charge on any atom is 0.331 e. The van der Waals surface area contributed by atoms with Gasteiger partial charge in [-0.25, -0.2) is 14.8 Å². The number of hydrogen-bond acceptors (Lipinski definition) is 7. The number of nitrogens with one attached hydrogen (secondary N) is 1. The third-order valence-electron chi connectivity index (χ3n) is 5.27. The average molecular weight is 446 g/mol. The fourth-order valence-corrected chi connectivity index (χ4v) is 3.39. The summed E-state index contributed by atoms with van der Waals surface area (Å²) in [5.41, 5.74) is 6.54. The number of benzene rings is 1. The van der Waals surface area contributed by atoms with Gasteiger partial charge >= 0.3 is 5.69 Å². The van der Waals surface area contributed by atoms with Crippen LogP contribution < -0.4 is 27.0 Å². The lowest BCUT2D eigenvalue weighted by Crippen LogP contribution is -2.39. The topological polar surface area (TPSA) is 134 Å². The van der Waals surface area contributed by atoms with Gasteiger partial charge in [0.1, 0.15) is 17.3 Å². The Balaban J connectivity index is 1.65. The number of aryl methyl sites for hydroxylation is 1. The van der Waals surface area contributed by atoms with E-state index in [2.05, 4.69) is 15.3 Å². The molecule has 0 atom stereocenters. The number of carbonyl (C=O) groups excluding carboxylic acids is 1. The number of rotatable bonds is 6. The van der Waals surface area contributed by atoms with E-state index in [-0.39, 0.29) is 24.2 Å². The zero-order valence-electron chi connectivity index (χ0n) is 18.1. The number of fused-ring (bicyclic) bond motifs is 1. The van der Waals surface area contributed by atoms with Crippen molar-refractivity contribution in [1.82, 2.24) is 24.4 Å². The van der Waals surface area contributed by atoms with Crippen molar-refractivity contribution in [3.05, 3.63) is 92.5 Å². The predicted molar refractivity (Wildman–Crippen MR) is 123 cm³/mol. The molecule has 1 aromatic carbocycles. The molecule has 0 fully saturated rings. The van der Waals surface area contributed by atoms with E-state index in [1.807, 2.05) is 0 Å². The van der Waals surface area contributed by atoms with Gasteiger partial charge in [-0.05, 0) is 35.4 Å². The molecule has 4 rings (SSSR count). The molecule has 3 heterocycles. The van der Waals surface area contributed by atoms with Crippen LogP contribution in [0.5, 0.6) is 5.75 Å². The van der Waals surface area contributed by atoms with E-state index >= 15 is 0 Å². The molecule has 168 valence electrons. The molecule has 0 saturated carbocycles. The van der Waals surface area contributed by atoms with Crippen molar-refractivity contribution in [2.24, 2.45) is 7.05 Å². The minimum absolute atomic E-state index is 0.0673. The van der Waals surface area contributed by atoms with Crippen LogP contribution in [0, 0.1) is 0 Å². The molecule has 4 aromatic rings. The Morgan fingerprint density at radius 2 is 1.79 bits per heavy atom. The van der Waals surface area contributed by atoms with Crippen LogP contribution in [0.25, 0.3) is 10.9 Å². The van der Waals surface area contributed by atoms with Gasteiger partial charge in [0.25, 0.3) is 11.5 Å². The number of nitrogens with zero attached hydrogens (tertiary/aromatic N) is 4. The molecular formula is C23H22N6O4. The van der Waals surface area contributed by atoms with Gasteiger partial charge < -0.3 is 15.8 Å². The highest BCUT2D eigenvalue weighted by Crippen LogP contribution is 2.13. The monoisotopic (exact) mass is 446 g/mol. The first-order chi connectivity index (χ1) is 15.9. The van der Waals surface area contributed by atoms with Crippen LogP contribution in [-0.2, 0) is 20.1 Å². The summed E-state index contributed by atoms with van der Waals surface area (Å²) in [7, 11) is 3.12. The molecule has 3 N–H and O–H groups in total. The minimum Gasteiger partial charge on any atom is -0.497 e. The highest BCUT2D eigenvalue weighted by Gasteiger charge is 2.15. The molecule has 0 radical (unpaired) electrons. The Kier molecular flexibility index (Phi) is 5.90. The second-order valence-corrected chi connectivity index (χ2v) is 7.44. The quantitative estimate of drug-likeness (QED) is 0.452. The van der Waals surface area contributed by atoms with E-state index in [1.54, 1.807) is 56.8 Å². The highest BCUT2D eigenvalue weighted by atomic mass is 16.5. The van der Waals surface area contributed by atoms with Gasteiger partial charge in [0, 0.05) is 19.8 Å². The molecular weight excluding hydrogens is 424 g/mol. The van der Waals surface area contributed by atoms with Gasteiger partial charge in [-0.15, -0.1) is 0 Å². The minimum atomic E-state index is -0.497. The van der Waals surface area contributed by atoms with Crippen LogP contribution in [0.15, 0.2) is 64.4 Å². The second kappa shape index (κ2) is 8.95. The number of carbonyl (C=O) groups is 1. The smallest absolute Gasteiger partial charge is 0.331 e. The molecule has 0 aliphatic heterocycles. The number of ether oxygens (including phenoxy) is 1. The first kappa shape index (κ1) is 21.8. The van der Waals surface area contributed by atoms with Crippen molar-refractivity contribution < 1.29 is 9.53 Å². The number of hydrogen-bond donors (Lipinski definition) is 2. The first-order valence-electron chi connectivity index (χ1n) is 10.1. The van der Waals surface area contributed by atoms with E-state index in [4.69, 9.17) is 10.5 Å². The number of nitrogen functional groups attached to an aromatic ring is 1. The molecule has 10 nitrogen and oxygen atoms in total. The zero-order chi connectivity index (χ0) is 23.5. The van der Waals surface area contributed by atoms with Gasteiger partial charge in [-0.1, -0.05) is 18.2 Å². The van der Waals surface area contributed by atoms with E-state index in [0.29, 0.717) is 17.1 Å². The fourth-order valence-electron chi connectivity index (χ4n) is 3.39. The van der Waals surface area contributed by atoms with E-state index in [0.717, 1.165) is 15.7 Å². The van der Waals surface area contributed by atoms with Crippen LogP contribution >= 0.6 is 0 Å². The SMILES string of the molecule is COc1ccc(Cn2c(=O)c3cc(C(=O)NCc4ccc(N)nc4)ncc3n(C)c2=O)cc1. The molecule has 0 spiro atoms. The fraction of sp³-hybridized carbons (Fsp3) is 0.174. The van der Waals surface area contributed by atoms with Gasteiger partial charge in [0.05, 0.1) is 30.8 Å². The molecule has 1 amide bonds. The summed E-state index contributed by atoms with van der Waals surface area (Å²) in [6, 6.07) is 11.9. The first-order valence-corrected chi connectivity index (χ1v) is 10.1. The van der Waals surface area contributed by atoms with Crippen LogP contribution in [0.2, 0.25) is 0 Å². The lowest BCUT2D eigenvalue weighted by atomic mass is 10.2. The molecule has 0 aliphatic rings. The summed E-state index contributed by atoms with van der Waals surface area (Å²) in [6.45, 7) is 0.306. The Bertz CT molecular complexity index is 1440. The number of anilines is 1. The van der Waals surface area contributed by atoms with Crippen LogP contribution in [0.4, 0.5) is 5.82 Å². The van der Waals surface area contributed by atoms with Crippen molar-refractivity contribution in [1.29, 1.82) is 0 Å². The predicted octanol–water partition coefficient (Wildman–Crippen LogP) is 1.06. The summed E-state index contributed by atoms with van der Waals surface area (Å²) in [5.74, 6) is 0.607. The maximum absolute atomic E-state index is 13.2. The molecule has 0 unspecified atom stereocenters. The van der Waals surface area contributed by atoms with Gasteiger partial charge in [-0.3, -0.25) is 18.7 Å². The summed E-state index contributed by atoms with van der Waals surface area (Å²) in [5, 5.41) is 2.96. The van der Waals surface area contributed by atoms with Gasteiger partial charge in [-0.2, -0.15) is 0 Å². The number of methoxy groups -OCH3 is 1. The Labute approximate surface area is 188 Å².